The Hall–Kier alpha value is -0.524. The van der Waals surface area contributed by atoms with Gasteiger partial charge in [-0.25, -0.2) is 0 Å². The summed E-state index contributed by atoms with van der Waals surface area (Å²) in [6.07, 6.45) is 4.19. The predicted molar refractivity (Wildman–Crippen MR) is 137 cm³/mol. The normalized spacial score (nSPS) is 15.7. The Bertz CT molecular complexity index is 1050. The molecule has 2 N–H and O–H groups in total. The van der Waals surface area contributed by atoms with Gasteiger partial charge in [-0.05, 0) is 73.1 Å². The van der Waals surface area contributed by atoms with Crippen LogP contribution in [0.4, 0.5) is 5.82 Å². The Morgan fingerprint density at radius 1 is 1.12 bits per heavy atom. The van der Waals surface area contributed by atoms with E-state index >= 15 is 0 Å². The number of halogens is 2. The van der Waals surface area contributed by atoms with Crippen LogP contribution in [0, 0.1) is 11.3 Å². The second-order valence-electron chi connectivity index (χ2n) is 8.07. The minimum Gasteiger partial charge on any atom is -0.467 e. The van der Waals surface area contributed by atoms with E-state index in [1.807, 2.05) is 30.5 Å². The molecule has 1 aliphatic rings. The average Bonchev–Trinajstić information content (AvgIpc) is 3.25. The third-order valence-electron chi connectivity index (χ3n) is 5.76. The van der Waals surface area contributed by atoms with Gasteiger partial charge in [0.15, 0.2) is 0 Å². The second kappa shape index (κ2) is 13.0. The van der Waals surface area contributed by atoms with Crippen molar-refractivity contribution in [2.45, 2.75) is 19.4 Å². The van der Waals surface area contributed by atoms with Crippen LogP contribution < -0.4 is 56.7 Å². The Kier molecular flexibility index (Phi) is 10.6. The molecule has 1 fully saturated rings. The van der Waals surface area contributed by atoms with Crippen LogP contribution in [-0.4, -0.2) is 47.2 Å². The Morgan fingerprint density at radius 2 is 1.79 bits per heavy atom. The van der Waals surface area contributed by atoms with Crippen LogP contribution in [0.1, 0.15) is 24.0 Å². The third-order valence-corrected chi connectivity index (χ3v) is 6.82. The first kappa shape index (κ1) is 27.1. The van der Waals surface area contributed by atoms with Crippen LogP contribution >= 0.6 is 31.9 Å². The maximum Gasteiger partial charge on any atom is 1.00 e. The summed E-state index contributed by atoms with van der Waals surface area (Å²) < 4.78 is 3.93. The Morgan fingerprint density at radius 3 is 2.45 bits per heavy atom. The summed E-state index contributed by atoms with van der Waals surface area (Å²) in [6, 6.07) is 16.4. The molecule has 1 aromatic heterocycles. The summed E-state index contributed by atoms with van der Waals surface area (Å²) in [6.45, 7) is 3.58. The summed E-state index contributed by atoms with van der Waals surface area (Å²) in [5, 5.41) is 21.4. The van der Waals surface area contributed by atoms with E-state index in [1.165, 1.54) is 12.0 Å². The summed E-state index contributed by atoms with van der Waals surface area (Å²) in [7, 11) is 1.73. The molecular formula is C24H27Br2KN6. The number of piperidine rings is 1. The van der Waals surface area contributed by atoms with Gasteiger partial charge in [0.05, 0.1) is 0 Å². The van der Waals surface area contributed by atoms with E-state index in [1.54, 1.807) is 11.7 Å². The summed E-state index contributed by atoms with van der Waals surface area (Å²) >= 11 is 6.95. The zero-order valence-electron chi connectivity index (χ0n) is 19.1. The smallest absolute Gasteiger partial charge is 0.467 e. The van der Waals surface area contributed by atoms with E-state index in [-0.39, 0.29) is 51.4 Å². The van der Waals surface area contributed by atoms with Gasteiger partial charge in [-0.2, -0.15) is 0 Å². The number of benzene rings is 2. The summed E-state index contributed by atoms with van der Waals surface area (Å²) in [5.74, 6) is 1.63. The van der Waals surface area contributed by atoms with Gasteiger partial charge in [0.1, 0.15) is 5.84 Å². The largest absolute Gasteiger partial charge is 1.00 e. The Labute approximate surface area is 255 Å². The van der Waals surface area contributed by atoms with E-state index in [4.69, 9.17) is 5.41 Å². The number of aromatic nitrogens is 2. The topological polar surface area (TPSA) is 71.0 Å². The van der Waals surface area contributed by atoms with Crippen molar-refractivity contribution < 1.29 is 51.4 Å². The summed E-state index contributed by atoms with van der Waals surface area (Å²) in [4.78, 5) is 2.17. The molecule has 2 aromatic carbocycles. The van der Waals surface area contributed by atoms with Gasteiger partial charge in [-0.1, -0.05) is 51.0 Å². The molecule has 1 atom stereocenters. The molecular weight excluding hydrogens is 571 g/mol. The van der Waals surface area contributed by atoms with Gasteiger partial charge in [0, 0.05) is 46.0 Å². The maximum absolute atomic E-state index is 8.88. The first-order valence-electron chi connectivity index (χ1n) is 10.8. The molecule has 1 aliphatic heterocycles. The standard InChI is InChI=1S/C24H27Br2N6.K/c1-28-24-22(16-32(30-24)21-10-8-20(26)9-11-21)23(27)31-12-2-3-18(15-31)14-29-13-17-4-6-19(25)7-5-17;/h4-11,16,18,27,29H,2-3,12-15H2,1H3;/q-1;+1. The van der Waals surface area contributed by atoms with E-state index in [2.05, 4.69) is 76.8 Å². The minimum absolute atomic E-state index is 0. The van der Waals surface area contributed by atoms with Crippen LogP contribution in [0.2, 0.25) is 0 Å². The maximum atomic E-state index is 8.88. The quantitative estimate of drug-likeness (QED) is 0.250. The zero-order valence-corrected chi connectivity index (χ0v) is 25.4. The van der Waals surface area contributed by atoms with Gasteiger partial charge in [0.2, 0.25) is 0 Å². The number of likely N-dealkylation sites (tertiary alicyclic amines) is 1. The fraction of sp³-hybridized carbons (Fsp3) is 0.333. The number of hydrogen-bond acceptors (Lipinski definition) is 3. The van der Waals surface area contributed by atoms with E-state index in [9.17, 15) is 0 Å². The Balaban J connectivity index is 0.00000306. The van der Waals surface area contributed by atoms with Crippen LogP contribution in [0.3, 0.4) is 0 Å². The number of amidine groups is 1. The second-order valence-corrected chi connectivity index (χ2v) is 9.90. The SMILES string of the molecule is C[N-]c1nn(-c2ccc(Br)cc2)cc1C(=N)N1CCCC(CNCc2ccc(Br)cc2)C1.[K+]. The first-order chi connectivity index (χ1) is 15.5. The molecule has 6 nitrogen and oxygen atoms in total. The fourth-order valence-electron chi connectivity index (χ4n) is 4.05. The van der Waals surface area contributed by atoms with Gasteiger partial charge in [-0.3, -0.25) is 5.41 Å². The molecule has 0 aliphatic carbocycles. The molecule has 0 spiro atoms. The minimum atomic E-state index is 0. The molecule has 1 saturated heterocycles. The van der Waals surface area contributed by atoms with Crippen molar-refractivity contribution >= 4 is 43.5 Å². The molecule has 0 bridgehead atoms. The van der Waals surface area contributed by atoms with Crippen molar-refractivity contribution in [1.82, 2.24) is 20.0 Å². The molecule has 1 unspecified atom stereocenters. The van der Waals surface area contributed by atoms with Crippen molar-refractivity contribution in [2.75, 3.05) is 26.7 Å². The molecule has 0 radical (unpaired) electrons. The van der Waals surface area contributed by atoms with Crippen molar-refractivity contribution in [1.29, 1.82) is 5.41 Å². The van der Waals surface area contributed by atoms with Gasteiger partial charge >= 0.3 is 51.4 Å². The summed E-state index contributed by atoms with van der Waals surface area (Å²) in [5.41, 5.74) is 3.01. The molecule has 2 heterocycles. The molecule has 168 valence electrons. The third kappa shape index (κ3) is 7.24. The van der Waals surface area contributed by atoms with Crippen LogP contribution in [0.25, 0.3) is 11.0 Å². The van der Waals surface area contributed by atoms with Crippen LogP contribution in [0.15, 0.2) is 63.7 Å². The number of nitrogens with one attached hydrogen (secondary N) is 2. The molecule has 0 saturated carbocycles. The molecule has 9 heteroatoms. The fourth-order valence-corrected chi connectivity index (χ4v) is 4.58. The van der Waals surface area contributed by atoms with Gasteiger partial charge < -0.3 is 25.3 Å². The zero-order chi connectivity index (χ0) is 22.5. The first-order valence-corrected chi connectivity index (χ1v) is 12.4. The van der Waals surface area contributed by atoms with E-state index in [0.29, 0.717) is 17.6 Å². The molecule has 33 heavy (non-hydrogen) atoms. The van der Waals surface area contributed by atoms with Crippen LogP contribution in [0.5, 0.6) is 0 Å². The van der Waals surface area contributed by atoms with Crippen molar-refractivity contribution in [3.05, 3.63) is 80.1 Å². The number of hydrogen-bond donors (Lipinski definition) is 2. The monoisotopic (exact) mass is 596 g/mol. The van der Waals surface area contributed by atoms with Crippen molar-refractivity contribution in [3.8, 4) is 5.69 Å². The van der Waals surface area contributed by atoms with Gasteiger partial charge in [-0.15, -0.1) is 0 Å². The van der Waals surface area contributed by atoms with Crippen LogP contribution in [-0.2, 0) is 6.54 Å². The van der Waals surface area contributed by atoms with E-state index < -0.39 is 0 Å². The predicted octanol–water partition coefficient (Wildman–Crippen LogP) is 2.86. The molecule has 3 aromatic rings. The average molecular weight is 598 g/mol. The molecule has 4 rings (SSSR count). The number of rotatable bonds is 7. The van der Waals surface area contributed by atoms with E-state index in [0.717, 1.165) is 52.8 Å². The van der Waals surface area contributed by atoms with Crippen molar-refractivity contribution in [3.63, 3.8) is 0 Å². The van der Waals surface area contributed by atoms with Crippen molar-refractivity contribution in [2.24, 2.45) is 5.92 Å². The number of nitrogens with zero attached hydrogens (tertiary/aromatic N) is 4. The molecule has 0 amide bonds. The van der Waals surface area contributed by atoms with Gasteiger partial charge in [0.25, 0.3) is 0 Å².